The number of halogens is 2. The van der Waals surface area contributed by atoms with E-state index in [0.717, 1.165) is 39.3 Å². The summed E-state index contributed by atoms with van der Waals surface area (Å²) in [4.78, 5) is 9.29. The van der Waals surface area contributed by atoms with Gasteiger partial charge in [-0.1, -0.05) is 0 Å². The Morgan fingerprint density at radius 3 is 0.842 bits per heavy atom. The van der Waals surface area contributed by atoms with Crippen LogP contribution in [0.2, 0.25) is 0 Å². The third-order valence-corrected chi connectivity index (χ3v) is 2.59. The summed E-state index contributed by atoms with van der Waals surface area (Å²) in [5.74, 6) is 0. The van der Waals surface area contributed by atoms with Gasteiger partial charge in [-0.3, -0.25) is 4.90 Å². The quantitative estimate of drug-likeness (QED) is 0.378. The minimum absolute atomic E-state index is 0. The van der Waals surface area contributed by atoms with Crippen molar-refractivity contribution in [1.29, 1.82) is 0 Å². The molecule has 0 bridgehead atoms. The van der Waals surface area contributed by atoms with E-state index in [1.165, 1.54) is 0 Å². The SMILES string of the molecule is CN(C)CCN(CCN(C)C)CCN(C)C.[Cl-].[Cl-].[Cu+2]. The van der Waals surface area contributed by atoms with E-state index in [9.17, 15) is 0 Å². The Hall–Kier alpha value is 0.939. The van der Waals surface area contributed by atoms with Gasteiger partial charge in [-0.05, 0) is 42.3 Å². The van der Waals surface area contributed by atoms with Crippen LogP contribution in [0.1, 0.15) is 0 Å². The van der Waals surface area contributed by atoms with Crippen molar-refractivity contribution < 1.29 is 41.9 Å². The molecule has 0 heterocycles. The van der Waals surface area contributed by atoms with E-state index >= 15 is 0 Å². The van der Waals surface area contributed by atoms with Crippen LogP contribution in [0, 0.1) is 0 Å². The summed E-state index contributed by atoms with van der Waals surface area (Å²) >= 11 is 0. The van der Waals surface area contributed by atoms with E-state index in [-0.39, 0.29) is 41.9 Å². The molecular weight excluding hydrogens is 335 g/mol. The Morgan fingerprint density at radius 2 is 0.684 bits per heavy atom. The fraction of sp³-hybridized carbons (Fsp3) is 1.00. The van der Waals surface area contributed by atoms with Gasteiger partial charge in [0.2, 0.25) is 0 Å². The first kappa shape index (κ1) is 28.2. The average molecular weight is 365 g/mol. The predicted molar refractivity (Wildman–Crippen MR) is 72.1 cm³/mol. The van der Waals surface area contributed by atoms with Crippen molar-refractivity contribution in [1.82, 2.24) is 19.6 Å². The van der Waals surface area contributed by atoms with Crippen LogP contribution < -0.4 is 24.8 Å². The Bertz CT molecular complexity index is 143. The van der Waals surface area contributed by atoms with Crippen LogP contribution in [0.15, 0.2) is 0 Å². The Labute approximate surface area is 143 Å². The number of nitrogens with zero attached hydrogens (tertiary/aromatic N) is 4. The summed E-state index contributed by atoms with van der Waals surface area (Å²) in [5.41, 5.74) is 0. The number of hydrogen-bond acceptors (Lipinski definition) is 4. The zero-order valence-corrected chi connectivity index (χ0v) is 15.5. The topological polar surface area (TPSA) is 13.0 Å². The van der Waals surface area contributed by atoms with E-state index < -0.39 is 0 Å². The summed E-state index contributed by atoms with van der Waals surface area (Å²) in [6, 6.07) is 0. The van der Waals surface area contributed by atoms with Crippen molar-refractivity contribution in [2.45, 2.75) is 0 Å². The fourth-order valence-electron chi connectivity index (χ4n) is 1.36. The molecule has 0 aliphatic carbocycles. The van der Waals surface area contributed by atoms with Gasteiger partial charge in [0.05, 0.1) is 0 Å². The second-order valence-corrected chi connectivity index (χ2v) is 5.25. The molecule has 0 aliphatic rings. The first-order valence-electron chi connectivity index (χ1n) is 6.08. The number of hydrogen-bond donors (Lipinski definition) is 0. The molecule has 0 aromatic rings. The van der Waals surface area contributed by atoms with Crippen LogP contribution in [0.4, 0.5) is 0 Å². The van der Waals surface area contributed by atoms with Gasteiger partial charge in [0.1, 0.15) is 0 Å². The van der Waals surface area contributed by atoms with Gasteiger partial charge in [-0.15, -0.1) is 0 Å². The molecule has 0 spiro atoms. The van der Waals surface area contributed by atoms with Gasteiger partial charge >= 0.3 is 17.1 Å². The van der Waals surface area contributed by atoms with E-state index in [0.29, 0.717) is 0 Å². The Morgan fingerprint density at radius 1 is 0.474 bits per heavy atom. The molecule has 0 unspecified atom stereocenters. The van der Waals surface area contributed by atoms with Crippen LogP contribution in [0.3, 0.4) is 0 Å². The van der Waals surface area contributed by atoms with Gasteiger partial charge in [0.15, 0.2) is 0 Å². The van der Waals surface area contributed by atoms with Crippen molar-refractivity contribution in [3.8, 4) is 0 Å². The summed E-state index contributed by atoms with van der Waals surface area (Å²) < 4.78 is 0. The van der Waals surface area contributed by atoms with Crippen molar-refractivity contribution >= 4 is 0 Å². The molecule has 0 aliphatic heterocycles. The largest absolute Gasteiger partial charge is 2.00 e. The van der Waals surface area contributed by atoms with Crippen molar-refractivity contribution in [3.05, 3.63) is 0 Å². The molecule has 0 aromatic heterocycles. The molecule has 1 radical (unpaired) electrons. The Kier molecular flexibility index (Phi) is 25.2. The van der Waals surface area contributed by atoms with Crippen molar-refractivity contribution in [2.75, 3.05) is 81.6 Å². The maximum atomic E-state index is 2.54. The summed E-state index contributed by atoms with van der Waals surface area (Å²) in [6.45, 7) is 6.90. The second kappa shape index (κ2) is 17.0. The van der Waals surface area contributed by atoms with Gasteiger partial charge < -0.3 is 39.5 Å². The maximum Gasteiger partial charge on any atom is 2.00 e. The number of rotatable bonds is 9. The third-order valence-electron chi connectivity index (χ3n) is 2.59. The average Bonchev–Trinajstić information content (AvgIpc) is 2.15. The fourth-order valence-corrected chi connectivity index (χ4v) is 1.36. The normalized spacial score (nSPS) is 10.4. The summed E-state index contributed by atoms with van der Waals surface area (Å²) in [6.07, 6.45) is 0. The maximum absolute atomic E-state index is 2.54. The predicted octanol–water partition coefficient (Wildman–Crippen LogP) is -6.02. The van der Waals surface area contributed by atoms with Gasteiger partial charge in [0, 0.05) is 39.3 Å². The van der Waals surface area contributed by atoms with Gasteiger partial charge in [-0.2, -0.15) is 0 Å². The minimum Gasteiger partial charge on any atom is -1.00 e. The summed E-state index contributed by atoms with van der Waals surface area (Å²) in [7, 11) is 12.8. The Balaban J connectivity index is -0.000000375. The van der Waals surface area contributed by atoms with E-state index in [2.05, 4.69) is 61.9 Å². The van der Waals surface area contributed by atoms with Gasteiger partial charge in [0.25, 0.3) is 0 Å². The molecule has 0 aromatic carbocycles. The second-order valence-electron chi connectivity index (χ2n) is 5.25. The van der Waals surface area contributed by atoms with Crippen LogP contribution in [0.25, 0.3) is 0 Å². The molecular formula is C12H30Cl2CuN4. The van der Waals surface area contributed by atoms with Gasteiger partial charge in [-0.25, -0.2) is 0 Å². The zero-order chi connectivity index (χ0) is 12.6. The van der Waals surface area contributed by atoms with Crippen LogP contribution in [-0.4, -0.2) is 101 Å². The molecule has 19 heavy (non-hydrogen) atoms. The molecule has 0 N–H and O–H groups in total. The third kappa shape index (κ3) is 21.4. The van der Waals surface area contributed by atoms with Crippen LogP contribution >= 0.6 is 0 Å². The van der Waals surface area contributed by atoms with Crippen LogP contribution in [0.5, 0.6) is 0 Å². The molecule has 0 fully saturated rings. The molecule has 123 valence electrons. The van der Waals surface area contributed by atoms with E-state index in [1.807, 2.05) is 0 Å². The zero-order valence-electron chi connectivity index (χ0n) is 13.1. The molecule has 0 amide bonds. The summed E-state index contributed by atoms with van der Waals surface area (Å²) in [5, 5.41) is 0. The molecule has 0 saturated heterocycles. The molecule has 7 heteroatoms. The first-order valence-corrected chi connectivity index (χ1v) is 6.08. The molecule has 4 nitrogen and oxygen atoms in total. The standard InChI is InChI=1S/C12H30N4.2ClH.Cu/c1-13(2)7-10-16(11-8-14(3)4)12-9-15(5)6;;;/h7-12H2,1-6H3;2*1H;/q;;;+2/p-2. The monoisotopic (exact) mass is 363 g/mol. The minimum atomic E-state index is 0. The number of likely N-dealkylation sites (N-methyl/N-ethyl adjacent to an activating group) is 3. The molecule has 0 saturated carbocycles. The van der Waals surface area contributed by atoms with Crippen molar-refractivity contribution in [2.24, 2.45) is 0 Å². The van der Waals surface area contributed by atoms with Crippen molar-refractivity contribution in [3.63, 3.8) is 0 Å². The smallest absolute Gasteiger partial charge is 1.00 e. The molecule has 0 rings (SSSR count). The van der Waals surface area contributed by atoms with E-state index in [4.69, 9.17) is 0 Å². The molecule has 0 atom stereocenters. The van der Waals surface area contributed by atoms with E-state index in [1.54, 1.807) is 0 Å². The van der Waals surface area contributed by atoms with Crippen LogP contribution in [-0.2, 0) is 17.1 Å². The first-order chi connectivity index (χ1) is 7.41.